The van der Waals surface area contributed by atoms with E-state index in [2.05, 4.69) is 25.2 Å². The molecular formula is C4H12N2. The highest BCUT2D eigenvalue weighted by Gasteiger charge is 1.45. The summed E-state index contributed by atoms with van der Waals surface area (Å²) in [6.07, 6.45) is 2.96. The normalized spacial score (nSPS) is 5.17. The summed E-state index contributed by atoms with van der Waals surface area (Å²) < 4.78 is 0. The zero-order valence-corrected chi connectivity index (χ0v) is 4.15. The van der Waals surface area contributed by atoms with Crippen molar-refractivity contribution in [2.24, 2.45) is 11.7 Å². The first-order valence-corrected chi connectivity index (χ1v) is 1.86. The molecule has 0 aromatic rings. The van der Waals surface area contributed by atoms with Gasteiger partial charge in [0.25, 0.3) is 0 Å². The highest BCUT2D eigenvalue weighted by molar-refractivity contribution is 4.60. The van der Waals surface area contributed by atoms with Crippen molar-refractivity contribution in [2.45, 2.75) is 13.3 Å². The molecule has 0 atom stereocenters. The molecule has 4 N–H and O–H groups in total. The molecule has 0 aromatic heterocycles. The summed E-state index contributed by atoms with van der Waals surface area (Å²) in [5.41, 5.74) is 0. The molecule has 0 rings (SSSR count). The molecule has 0 saturated heterocycles. The maximum Gasteiger partial charge on any atom is -0.0382 e. The molecule has 0 saturated carbocycles. The summed E-state index contributed by atoms with van der Waals surface area (Å²) in [5, 5.41) is 0. The van der Waals surface area contributed by atoms with E-state index in [0.29, 0.717) is 0 Å². The zero-order chi connectivity index (χ0) is 5.41. The van der Waals surface area contributed by atoms with Crippen molar-refractivity contribution in [1.29, 1.82) is 0 Å². The molecule has 2 heteroatoms. The van der Waals surface area contributed by atoms with Gasteiger partial charge in [0.15, 0.2) is 0 Å². The third kappa shape index (κ3) is 59.5. The molecule has 38 valence electrons. The van der Waals surface area contributed by atoms with Crippen molar-refractivity contribution in [3.8, 4) is 0 Å². The SMILES string of the molecule is C=CCC.NN. The van der Waals surface area contributed by atoms with Crippen LogP contribution in [0.25, 0.3) is 0 Å². The summed E-state index contributed by atoms with van der Waals surface area (Å²) in [6, 6.07) is 0. The Kier molecular flexibility index (Phi) is 34.6. The molecule has 0 aliphatic heterocycles. The lowest BCUT2D eigenvalue weighted by atomic mass is 10.5. The zero-order valence-electron chi connectivity index (χ0n) is 4.15. The van der Waals surface area contributed by atoms with Gasteiger partial charge in [-0.25, -0.2) is 0 Å². The van der Waals surface area contributed by atoms with Crippen LogP contribution in [0.15, 0.2) is 12.7 Å². The minimum atomic E-state index is 1.08. The number of nitrogens with two attached hydrogens (primary N) is 2. The maximum absolute atomic E-state index is 4.00. The van der Waals surface area contributed by atoms with E-state index in [4.69, 9.17) is 0 Å². The largest absolute Gasteiger partial charge is 0.274 e. The molecule has 0 aromatic carbocycles. The van der Waals surface area contributed by atoms with Gasteiger partial charge in [-0.05, 0) is 6.42 Å². The summed E-state index contributed by atoms with van der Waals surface area (Å²) >= 11 is 0. The highest BCUT2D eigenvalue weighted by atomic mass is 15.0. The van der Waals surface area contributed by atoms with Gasteiger partial charge in [-0.15, -0.1) is 6.58 Å². The van der Waals surface area contributed by atoms with Gasteiger partial charge < -0.3 is 0 Å². The van der Waals surface area contributed by atoms with Gasteiger partial charge in [0.05, 0.1) is 0 Å². The van der Waals surface area contributed by atoms with E-state index in [0.717, 1.165) is 6.42 Å². The lowest BCUT2D eigenvalue weighted by Crippen LogP contribution is -2.02. The van der Waals surface area contributed by atoms with Gasteiger partial charge in [0.2, 0.25) is 0 Å². The lowest BCUT2D eigenvalue weighted by Gasteiger charge is -1.57. The molecule has 0 heterocycles. The molecule has 2 nitrogen and oxygen atoms in total. The Morgan fingerprint density at radius 3 is 1.83 bits per heavy atom. The van der Waals surface area contributed by atoms with E-state index >= 15 is 0 Å². The van der Waals surface area contributed by atoms with Crippen molar-refractivity contribution in [2.75, 3.05) is 0 Å². The predicted octanol–water partition coefficient (Wildman–Crippen LogP) is 0.401. The number of hydrogen-bond acceptors (Lipinski definition) is 2. The first-order valence-electron chi connectivity index (χ1n) is 1.86. The molecule has 0 spiro atoms. The van der Waals surface area contributed by atoms with Crippen LogP contribution in [0.5, 0.6) is 0 Å². The minimum Gasteiger partial charge on any atom is -0.274 e. The predicted molar refractivity (Wildman–Crippen MR) is 28.9 cm³/mol. The van der Waals surface area contributed by atoms with E-state index in [1.165, 1.54) is 0 Å². The van der Waals surface area contributed by atoms with Crippen LogP contribution in [0.4, 0.5) is 0 Å². The van der Waals surface area contributed by atoms with E-state index < -0.39 is 0 Å². The Morgan fingerprint density at radius 2 is 1.83 bits per heavy atom. The van der Waals surface area contributed by atoms with Crippen molar-refractivity contribution < 1.29 is 0 Å². The van der Waals surface area contributed by atoms with Gasteiger partial charge in [0, 0.05) is 0 Å². The highest BCUT2D eigenvalue weighted by Crippen LogP contribution is 1.66. The molecule has 0 aliphatic rings. The Morgan fingerprint density at radius 1 is 1.67 bits per heavy atom. The van der Waals surface area contributed by atoms with E-state index in [1.54, 1.807) is 0 Å². The molecule has 0 radical (unpaired) electrons. The van der Waals surface area contributed by atoms with Gasteiger partial charge in [-0.3, -0.25) is 11.7 Å². The fraction of sp³-hybridized carbons (Fsp3) is 0.500. The van der Waals surface area contributed by atoms with E-state index in [-0.39, 0.29) is 0 Å². The van der Waals surface area contributed by atoms with Crippen molar-refractivity contribution in [3.05, 3.63) is 12.7 Å². The molecule has 0 unspecified atom stereocenters. The Bertz CT molecular complexity index is 19.5. The topological polar surface area (TPSA) is 52.0 Å². The molecule has 0 bridgehead atoms. The molecular weight excluding hydrogens is 76.1 g/mol. The summed E-state index contributed by atoms with van der Waals surface area (Å²) in [6.45, 7) is 5.54. The second-order valence-corrected chi connectivity index (χ2v) is 0.697. The van der Waals surface area contributed by atoms with Crippen LogP contribution < -0.4 is 11.7 Å². The molecule has 0 fully saturated rings. The fourth-order valence-electron chi connectivity index (χ4n) is 0. The first-order chi connectivity index (χ1) is 2.91. The van der Waals surface area contributed by atoms with Crippen molar-refractivity contribution >= 4 is 0 Å². The maximum atomic E-state index is 4.00. The quantitative estimate of drug-likeness (QED) is 0.277. The van der Waals surface area contributed by atoms with Gasteiger partial charge in [-0.2, -0.15) is 0 Å². The Balaban J connectivity index is 0. The fourth-order valence-corrected chi connectivity index (χ4v) is 0. The summed E-state index contributed by atoms with van der Waals surface area (Å²) in [5.74, 6) is 8.00. The van der Waals surface area contributed by atoms with Crippen LogP contribution in [0.3, 0.4) is 0 Å². The second kappa shape index (κ2) is 22.7. The van der Waals surface area contributed by atoms with Crippen molar-refractivity contribution in [1.82, 2.24) is 0 Å². The van der Waals surface area contributed by atoms with Crippen LogP contribution in [-0.2, 0) is 0 Å². The molecule has 0 amide bonds. The standard InChI is InChI=1S/C4H8.H4N2/c1-3-4-2;1-2/h3H,1,4H2,2H3;1-2H2. The van der Waals surface area contributed by atoms with Crippen LogP contribution in [0.1, 0.15) is 13.3 Å². The van der Waals surface area contributed by atoms with Crippen LogP contribution >= 0.6 is 0 Å². The average molecular weight is 88.2 g/mol. The lowest BCUT2D eigenvalue weighted by molar-refractivity contribution is 1.23. The second-order valence-electron chi connectivity index (χ2n) is 0.697. The van der Waals surface area contributed by atoms with Gasteiger partial charge >= 0.3 is 0 Å². The van der Waals surface area contributed by atoms with Crippen LogP contribution in [-0.4, -0.2) is 0 Å². The van der Waals surface area contributed by atoms with Gasteiger partial charge in [0.1, 0.15) is 0 Å². The molecule has 0 aliphatic carbocycles. The summed E-state index contributed by atoms with van der Waals surface area (Å²) in [7, 11) is 0. The number of hydrazine groups is 1. The van der Waals surface area contributed by atoms with E-state index in [1.807, 2.05) is 6.08 Å². The van der Waals surface area contributed by atoms with Crippen molar-refractivity contribution in [3.63, 3.8) is 0 Å². The van der Waals surface area contributed by atoms with Gasteiger partial charge in [-0.1, -0.05) is 13.0 Å². The monoisotopic (exact) mass is 88.1 g/mol. The third-order valence-electron chi connectivity index (χ3n) is 0.289. The number of rotatable bonds is 1. The van der Waals surface area contributed by atoms with E-state index in [9.17, 15) is 0 Å². The minimum absolute atomic E-state index is 1.08. The number of hydrogen-bond donors (Lipinski definition) is 2. The third-order valence-corrected chi connectivity index (χ3v) is 0.289. The van der Waals surface area contributed by atoms with Crippen LogP contribution in [0, 0.1) is 0 Å². The first kappa shape index (κ1) is 9.18. The average Bonchev–Trinajstić information content (AvgIpc) is 1.72. The smallest absolute Gasteiger partial charge is 0.0382 e. The summed E-state index contributed by atoms with van der Waals surface area (Å²) in [4.78, 5) is 0. The number of allylic oxidation sites excluding steroid dienone is 1. The Hall–Kier alpha value is -0.340. The Labute approximate surface area is 38.8 Å². The van der Waals surface area contributed by atoms with Crippen LogP contribution in [0.2, 0.25) is 0 Å². The molecule has 6 heavy (non-hydrogen) atoms.